The van der Waals surface area contributed by atoms with Crippen LogP contribution in [0.4, 0.5) is 0 Å². The minimum absolute atomic E-state index is 0.298. The van der Waals surface area contributed by atoms with Gasteiger partial charge in [0.1, 0.15) is 24.5 Å². The number of carbonyl (C=O) groups is 1. The molecule has 0 atom stereocenters. The zero-order valence-electron chi connectivity index (χ0n) is 18.5. The van der Waals surface area contributed by atoms with E-state index in [0.29, 0.717) is 30.3 Å². The number of benzene rings is 2. The average molecular weight is 424 g/mol. The first kappa shape index (κ1) is 22.4. The maximum absolute atomic E-state index is 12.2. The summed E-state index contributed by atoms with van der Waals surface area (Å²) in [6, 6.07) is 11.6. The zero-order chi connectivity index (χ0) is 22.2. The predicted molar refractivity (Wildman–Crippen MR) is 120 cm³/mol. The normalized spacial score (nSPS) is 13.9. The molecule has 0 aromatic heterocycles. The Kier molecular flexibility index (Phi) is 7.70. The van der Waals surface area contributed by atoms with Gasteiger partial charge in [-0.05, 0) is 72.6 Å². The molecule has 164 valence electrons. The number of aryl methyl sites for hydroxylation is 2. The molecule has 1 aliphatic rings. The quantitative estimate of drug-likeness (QED) is 0.180. The van der Waals surface area contributed by atoms with E-state index in [0.717, 1.165) is 28.0 Å². The highest BCUT2D eigenvalue weighted by molar-refractivity contribution is 6.16. The SMILES string of the molecule is COC=C(C(=O)OC)c1ccccc1COc1cc(C)c(C=NOCC2CC2)cc1C. The van der Waals surface area contributed by atoms with E-state index >= 15 is 0 Å². The van der Waals surface area contributed by atoms with Crippen LogP contribution >= 0.6 is 0 Å². The minimum Gasteiger partial charge on any atom is -0.503 e. The van der Waals surface area contributed by atoms with Gasteiger partial charge < -0.3 is 19.0 Å². The van der Waals surface area contributed by atoms with Crippen LogP contribution in [0.15, 0.2) is 47.8 Å². The van der Waals surface area contributed by atoms with Crippen molar-refractivity contribution in [2.75, 3.05) is 20.8 Å². The van der Waals surface area contributed by atoms with E-state index in [1.165, 1.54) is 33.3 Å². The Bertz CT molecular complexity index is 976. The lowest BCUT2D eigenvalue weighted by atomic mass is 10.0. The lowest BCUT2D eigenvalue weighted by Crippen LogP contribution is -2.08. The molecule has 0 heterocycles. The molecule has 2 aromatic rings. The van der Waals surface area contributed by atoms with Gasteiger partial charge in [0.25, 0.3) is 0 Å². The first-order valence-electron chi connectivity index (χ1n) is 10.3. The summed E-state index contributed by atoms with van der Waals surface area (Å²) in [5.41, 5.74) is 4.94. The summed E-state index contributed by atoms with van der Waals surface area (Å²) in [7, 11) is 2.84. The molecular weight excluding hydrogens is 394 g/mol. The van der Waals surface area contributed by atoms with Crippen LogP contribution in [-0.2, 0) is 25.7 Å². The van der Waals surface area contributed by atoms with Gasteiger partial charge in [-0.3, -0.25) is 0 Å². The summed E-state index contributed by atoms with van der Waals surface area (Å²) in [6.45, 7) is 5.00. The van der Waals surface area contributed by atoms with Gasteiger partial charge in [-0.15, -0.1) is 0 Å². The fraction of sp³-hybridized carbons (Fsp3) is 0.360. The smallest absolute Gasteiger partial charge is 0.341 e. The molecule has 0 bridgehead atoms. The zero-order valence-corrected chi connectivity index (χ0v) is 18.5. The summed E-state index contributed by atoms with van der Waals surface area (Å²) in [6.07, 6.45) is 5.62. The second kappa shape index (κ2) is 10.7. The molecule has 0 unspecified atom stereocenters. The molecular formula is C25H29NO5. The molecule has 6 nitrogen and oxygen atoms in total. The van der Waals surface area contributed by atoms with E-state index in [-0.39, 0.29) is 0 Å². The van der Waals surface area contributed by atoms with Crippen LogP contribution < -0.4 is 4.74 Å². The Hall–Kier alpha value is -3.28. The third-order valence-electron chi connectivity index (χ3n) is 5.17. The topological polar surface area (TPSA) is 66.4 Å². The molecule has 0 saturated heterocycles. The van der Waals surface area contributed by atoms with Gasteiger partial charge in [0.15, 0.2) is 0 Å². The molecule has 0 spiro atoms. The van der Waals surface area contributed by atoms with Crippen molar-refractivity contribution >= 4 is 17.8 Å². The Labute approximate surface area is 183 Å². The van der Waals surface area contributed by atoms with Crippen LogP contribution in [0.3, 0.4) is 0 Å². The molecule has 1 fully saturated rings. The minimum atomic E-state index is -0.464. The lowest BCUT2D eigenvalue weighted by Gasteiger charge is -2.15. The Morgan fingerprint density at radius 3 is 2.61 bits per heavy atom. The summed E-state index contributed by atoms with van der Waals surface area (Å²) < 4.78 is 16.1. The number of esters is 1. The van der Waals surface area contributed by atoms with E-state index in [1.807, 2.05) is 50.2 Å². The van der Waals surface area contributed by atoms with Crippen LogP contribution in [0.5, 0.6) is 5.75 Å². The van der Waals surface area contributed by atoms with E-state index in [2.05, 4.69) is 5.16 Å². The first-order valence-corrected chi connectivity index (χ1v) is 10.3. The van der Waals surface area contributed by atoms with Crippen LogP contribution in [0, 0.1) is 19.8 Å². The van der Waals surface area contributed by atoms with Crippen molar-refractivity contribution in [1.29, 1.82) is 0 Å². The summed E-state index contributed by atoms with van der Waals surface area (Å²) >= 11 is 0. The number of rotatable bonds is 10. The predicted octanol–water partition coefficient (Wildman–Crippen LogP) is 4.80. The third-order valence-corrected chi connectivity index (χ3v) is 5.17. The second-order valence-electron chi connectivity index (χ2n) is 7.65. The van der Waals surface area contributed by atoms with Crippen molar-refractivity contribution in [3.05, 3.63) is 70.5 Å². The summed E-state index contributed by atoms with van der Waals surface area (Å²) in [5.74, 6) is 0.990. The molecule has 31 heavy (non-hydrogen) atoms. The number of ether oxygens (including phenoxy) is 3. The fourth-order valence-electron chi connectivity index (χ4n) is 3.15. The van der Waals surface area contributed by atoms with Gasteiger partial charge in [0.05, 0.1) is 26.7 Å². The Morgan fingerprint density at radius 1 is 1.13 bits per heavy atom. The van der Waals surface area contributed by atoms with E-state index in [9.17, 15) is 4.79 Å². The summed E-state index contributed by atoms with van der Waals surface area (Å²) in [5, 5.41) is 4.09. The molecule has 6 heteroatoms. The number of oxime groups is 1. The van der Waals surface area contributed by atoms with Gasteiger partial charge in [0, 0.05) is 0 Å². The highest BCUT2D eigenvalue weighted by atomic mass is 16.6. The molecule has 0 aliphatic heterocycles. The monoisotopic (exact) mass is 423 g/mol. The average Bonchev–Trinajstić information content (AvgIpc) is 3.60. The molecule has 2 aromatic carbocycles. The van der Waals surface area contributed by atoms with Crippen molar-refractivity contribution < 1.29 is 23.8 Å². The number of carbonyl (C=O) groups excluding carboxylic acids is 1. The van der Waals surface area contributed by atoms with Crippen molar-refractivity contribution in [3.63, 3.8) is 0 Å². The fourth-order valence-corrected chi connectivity index (χ4v) is 3.15. The van der Waals surface area contributed by atoms with Crippen molar-refractivity contribution in [2.24, 2.45) is 11.1 Å². The van der Waals surface area contributed by atoms with Crippen LogP contribution in [0.2, 0.25) is 0 Å². The number of methoxy groups -OCH3 is 2. The van der Waals surface area contributed by atoms with Gasteiger partial charge >= 0.3 is 5.97 Å². The molecule has 1 aliphatic carbocycles. The van der Waals surface area contributed by atoms with Crippen LogP contribution in [-0.4, -0.2) is 33.0 Å². The molecule has 0 radical (unpaired) electrons. The molecule has 1 saturated carbocycles. The number of nitrogens with zero attached hydrogens (tertiary/aromatic N) is 1. The number of hydrogen-bond donors (Lipinski definition) is 0. The first-order chi connectivity index (χ1) is 15.0. The molecule has 3 rings (SSSR count). The van der Waals surface area contributed by atoms with Gasteiger partial charge in [-0.1, -0.05) is 29.4 Å². The number of hydrogen-bond acceptors (Lipinski definition) is 6. The molecule has 0 N–H and O–H groups in total. The third kappa shape index (κ3) is 6.10. The highest BCUT2D eigenvalue weighted by Crippen LogP contribution is 2.29. The Balaban J connectivity index is 1.73. The maximum Gasteiger partial charge on any atom is 0.341 e. The summed E-state index contributed by atoms with van der Waals surface area (Å²) in [4.78, 5) is 17.5. The van der Waals surface area contributed by atoms with Gasteiger partial charge in [0.2, 0.25) is 0 Å². The van der Waals surface area contributed by atoms with E-state index < -0.39 is 5.97 Å². The standard InChI is InChI=1S/C25H29NO5/c1-17-12-24(18(2)11-21(17)13-26-31-14-19-9-10-19)30-15-20-7-5-6-8-22(20)23(16-28-3)25(27)29-4/h5-8,11-13,16,19H,9-10,14-15H2,1-4H3. The van der Waals surface area contributed by atoms with Crippen molar-refractivity contribution in [2.45, 2.75) is 33.3 Å². The molecule has 0 amide bonds. The van der Waals surface area contributed by atoms with Crippen molar-refractivity contribution in [1.82, 2.24) is 0 Å². The highest BCUT2D eigenvalue weighted by Gasteiger charge is 2.21. The van der Waals surface area contributed by atoms with E-state index in [4.69, 9.17) is 19.0 Å². The largest absolute Gasteiger partial charge is 0.503 e. The van der Waals surface area contributed by atoms with Crippen LogP contribution in [0.1, 0.15) is 40.7 Å². The lowest BCUT2D eigenvalue weighted by molar-refractivity contribution is -0.133. The second-order valence-corrected chi connectivity index (χ2v) is 7.65. The van der Waals surface area contributed by atoms with E-state index in [1.54, 1.807) is 6.21 Å². The Morgan fingerprint density at radius 2 is 1.90 bits per heavy atom. The van der Waals surface area contributed by atoms with Crippen LogP contribution in [0.25, 0.3) is 5.57 Å². The van der Waals surface area contributed by atoms with Crippen molar-refractivity contribution in [3.8, 4) is 5.75 Å². The maximum atomic E-state index is 12.2. The van der Waals surface area contributed by atoms with Gasteiger partial charge in [-0.25, -0.2) is 4.79 Å². The van der Waals surface area contributed by atoms with Gasteiger partial charge in [-0.2, -0.15) is 0 Å².